The number of hydrogen-bond acceptors (Lipinski definition) is 1. The van der Waals surface area contributed by atoms with E-state index < -0.39 is 0 Å². The Labute approximate surface area is 98.1 Å². The molecule has 1 aliphatic heterocycles. The van der Waals surface area contributed by atoms with Gasteiger partial charge in [0, 0.05) is 0 Å². The molecule has 0 radical (unpaired) electrons. The van der Waals surface area contributed by atoms with Crippen molar-refractivity contribution in [2.75, 3.05) is 0 Å². The molecule has 1 heteroatoms. The van der Waals surface area contributed by atoms with Crippen molar-refractivity contribution in [3.05, 3.63) is 48.0 Å². The van der Waals surface area contributed by atoms with Crippen LogP contribution in [0.3, 0.4) is 0 Å². The van der Waals surface area contributed by atoms with Gasteiger partial charge in [-0.1, -0.05) is 56.3 Å². The van der Waals surface area contributed by atoms with Crippen LogP contribution in [0.4, 0.5) is 0 Å². The van der Waals surface area contributed by atoms with E-state index in [1.807, 2.05) is 6.07 Å². The zero-order valence-corrected chi connectivity index (χ0v) is 10.1. The maximum atomic E-state index is 6.10. The van der Waals surface area contributed by atoms with Crippen molar-refractivity contribution in [2.45, 2.75) is 38.9 Å². The van der Waals surface area contributed by atoms with E-state index in [4.69, 9.17) is 4.74 Å². The van der Waals surface area contributed by atoms with E-state index in [0.717, 1.165) is 12.8 Å². The standard InChI is InChI=1S/C15H20O/c1-12(2)11-14-9-6-10-15(16-14)13-7-4-3-5-8-13/h3-9,12,14-15H,10-11H2,1-2H3/t14-,15-/m0/s1. The van der Waals surface area contributed by atoms with Crippen molar-refractivity contribution in [2.24, 2.45) is 5.92 Å². The lowest BCUT2D eigenvalue weighted by atomic mass is 9.99. The SMILES string of the molecule is CC(C)C[C@@H]1C=CC[C@@H](c2ccccc2)O1. The summed E-state index contributed by atoms with van der Waals surface area (Å²) in [6.45, 7) is 4.48. The molecule has 86 valence electrons. The predicted molar refractivity (Wildman–Crippen MR) is 67.3 cm³/mol. The number of hydrogen-bond donors (Lipinski definition) is 0. The quantitative estimate of drug-likeness (QED) is 0.691. The Morgan fingerprint density at radius 1 is 1.25 bits per heavy atom. The van der Waals surface area contributed by atoms with Crippen LogP contribution >= 0.6 is 0 Å². The largest absolute Gasteiger partial charge is 0.366 e. The molecule has 0 aliphatic carbocycles. The molecule has 16 heavy (non-hydrogen) atoms. The zero-order valence-electron chi connectivity index (χ0n) is 10.1. The number of rotatable bonds is 3. The highest BCUT2D eigenvalue weighted by Gasteiger charge is 2.19. The van der Waals surface area contributed by atoms with Crippen LogP contribution < -0.4 is 0 Å². The number of benzene rings is 1. The fourth-order valence-corrected chi connectivity index (χ4v) is 2.15. The third kappa shape index (κ3) is 2.96. The first-order valence-corrected chi connectivity index (χ1v) is 6.13. The fourth-order valence-electron chi connectivity index (χ4n) is 2.15. The monoisotopic (exact) mass is 216 g/mol. The smallest absolute Gasteiger partial charge is 0.0867 e. The van der Waals surface area contributed by atoms with Crippen molar-refractivity contribution in [3.8, 4) is 0 Å². The van der Waals surface area contributed by atoms with Gasteiger partial charge in [-0.3, -0.25) is 0 Å². The van der Waals surface area contributed by atoms with Gasteiger partial charge in [0.15, 0.2) is 0 Å². The lowest BCUT2D eigenvalue weighted by Crippen LogP contribution is -2.20. The molecule has 0 fully saturated rings. The van der Waals surface area contributed by atoms with Gasteiger partial charge in [-0.15, -0.1) is 0 Å². The van der Waals surface area contributed by atoms with Crippen LogP contribution in [0, 0.1) is 5.92 Å². The van der Waals surface area contributed by atoms with Gasteiger partial charge in [-0.05, 0) is 24.3 Å². The van der Waals surface area contributed by atoms with Gasteiger partial charge in [0.25, 0.3) is 0 Å². The Kier molecular flexibility index (Phi) is 3.79. The Morgan fingerprint density at radius 3 is 2.69 bits per heavy atom. The third-order valence-electron chi connectivity index (χ3n) is 2.92. The van der Waals surface area contributed by atoms with Crippen molar-refractivity contribution in [1.82, 2.24) is 0 Å². The molecule has 0 saturated carbocycles. The normalized spacial score (nSPS) is 24.9. The van der Waals surface area contributed by atoms with Gasteiger partial charge in [-0.25, -0.2) is 0 Å². The highest BCUT2D eigenvalue weighted by atomic mass is 16.5. The maximum Gasteiger partial charge on any atom is 0.0867 e. The van der Waals surface area contributed by atoms with Crippen LogP contribution in [-0.2, 0) is 4.74 Å². The van der Waals surface area contributed by atoms with Crippen molar-refractivity contribution in [1.29, 1.82) is 0 Å². The molecule has 0 spiro atoms. The molecule has 0 aromatic heterocycles. The van der Waals surface area contributed by atoms with E-state index in [-0.39, 0.29) is 6.10 Å². The minimum atomic E-state index is 0.245. The second kappa shape index (κ2) is 5.31. The molecule has 0 bridgehead atoms. The van der Waals surface area contributed by atoms with Crippen LogP contribution in [0.1, 0.15) is 38.4 Å². The molecule has 1 aromatic rings. The van der Waals surface area contributed by atoms with E-state index in [1.54, 1.807) is 0 Å². The summed E-state index contributed by atoms with van der Waals surface area (Å²) in [6, 6.07) is 10.5. The Balaban J connectivity index is 2.02. The second-order valence-electron chi connectivity index (χ2n) is 4.87. The molecule has 2 atom stereocenters. The van der Waals surface area contributed by atoms with Gasteiger partial charge < -0.3 is 4.74 Å². The summed E-state index contributed by atoms with van der Waals surface area (Å²) in [6.07, 6.45) is 7.11. The maximum absolute atomic E-state index is 6.10. The first kappa shape index (κ1) is 11.4. The molecule has 0 unspecified atom stereocenters. The summed E-state index contributed by atoms with van der Waals surface area (Å²) in [5.74, 6) is 0.684. The summed E-state index contributed by atoms with van der Waals surface area (Å²) in [4.78, 5) is 0. The average molecular weight is 216 g/mol. The van der Waals surface area contributed by atoms with Crippen LogP contribution in [0.15, 0.2) is 42.5 Å². The van der Waals surface area contributed by atoms with Gasteiger partial charge in [0.2, 0.25) is 0 Å². The molecule has 1 aromatic carbocycles. The summed E-state index contributed by atoms with van der Waals surface area (Å²) in [5, 5.41) is 0. The Morgan fingerprint density at radius 2 is 2.00 bits per heavy atom. The minimum absolute atomic E-state index is 0.245. The lowest BCUT2D eigenvalue weighted by molar-refractivity contribution is -0.00457. The van der Waals surface area contributed by atoms with E-state index in [1.165, 1.54) is 5.56 Å². The molecule has 0 amide bonds. The van der Waals surface area contributed by atoms with E-state index in [0.29, 0.717) is 12.0 Å². The Bertz CT molecular complexity index is 340. The van der Waals surface area contributed by atoms with E-state index in [9.17, 15) is 0 Å². The second-order valence-corrected chi connectivity index (χ2v) is 4.87. The van der Waals surface area contributed by atoms with Crippen LogP contribution in [-0.4, -0.2) is 6.10 Å². The first-order chi connectivity index (χ1) is 7.75. The summed E-state index contributed by atoms with van der Waals surface area (Å²) >= 11 is 0. The number of ether oxygens (including phenoxy) is 1. The molecule has 0 N–H and O–H groups in total. The minimum Gasteiger partial charge on any atom is -0.366 e. The van der Waals surface area contributed by atoms with E-state index >= 15 is 0 Å². The topological polar surface area (TPSA) is 9.23 Å². The van der Waals surface area contributed by atoms with Crippen molar-refractivity contribution < 1.29 is 4.74 Å². The molecule has 2 rings (SSSR count). The van der Waals surface area contributed by atoms with E-state index in [2.05, 4.69) is 50.3 Å². The van der Waals surface area contributed by atoms with Gasteiger partial charge in [-0.2, -0.15) is 0 Å². The highest BCUT2D eigenvalue weighted by Crippen LogP contribution is 2.29. The molecule has 1 heterocycles. The molecular weight excluding hydrogens is 196 g/mol. The summed E-state index contributed by atoms with van der Waals surface area (Å²) < 4.78 is 6.10. The van der Waals surface area contributed by atoms with Gasteiger partial charge in [0.05, 0.1) is 12.2 Å². The zero-order chi connectivity index (χ0) is 11.4. The molecule has 1 nitrogen and oxygen atoms in total. The molecule has 0 saturated heterocycles. The molecular formula is C15H20O. The summed E-state index contributed by atoms with van der Waals surface area (Å²) in [5.41, 5.74) is 1.29. The van der Waals surface area contributed by atoms with Crippen molar-refractivity contribution in [3.63, 3.8) is 0 Å². The summed E-state index contributed by atoms with van der Waals surface area (Å²) in [7, 11) is 0. The van der Waals surface area contributed by atoms with Crippen LogP contribution in [0.25, 0.3) is 0 Å². The highest BCUT2D eigenvalue weighted by molar-refractivity contribution is 5.19. The Hall–Kier alpha value is -1.08. The lowest BCUT2D eigenvalue weighted by Gasteiger charge is -2.27. The predicted octanol–water partition coefficient (Wildman–Crippen LogP) is 4.12. The third-order valence-corrected chi connectivity index (χ3v) is 2.92. The van der Waals surface area contributed by atoms with Gasteiger partial charge in [0.1, 0.15) is 0 Å². The fraction of sp³-hybridized carbons (Fsp3) is 0.467. The van der Waals surface area contributed by atoms with Crippen LogP contribution in [0.5, 0.6) is 0 Å². The average Bonchev–Trinajstić information content (AvgIpc) is 2.30. The molecule has 1 aliphatic rings. The van der Waals surface area contributed by atoms with Crippen molar-refractivity contribution >= 4 is 0 Å². The first-order valence-electron chi connectivity index (χ1n) is 6.13. The van der Waals surface area contributed by atoms with Gasteiger partial charge >= 0.3 is 0 Å². The van der Waals surface area contributed by atoms with Crippen LogP contribution in [0.2, 0.25) is 0 Å².